The third kappa shape index (κ3) is 3.57. The van der Waals surface area contributed by atoms with Crippen LogP contribution in [0.4, 0.5) is 5.82 Å². The number of benzene rings is 1. The summed E-state index contributed by atoms with van der Waals surface area (Å²) in [6.07, 6.45) is 1.72. The molecule has 7 heteroatoms. The summed E-state index contributed by atoms with van der Waals surface area (Å²) in [5, 5.41) is 9.39. The predicted octanol–water partition coefficient (Wildman–Crippen LogP) is 4.48. The Hall–Kier alpha value is -3.19. The second-order valence-electron chi connectivity index (χ2n) is 5.52. The number of hydrogen-bond acceptors (Lipinski definition) is 7. The lowest BCUT2D eigenvalue weighted by Gasteiger charge is -2.03. The van der Waals surface area contributed by atoms with Gasteiger partial charge in [0.25, 0.3) is 5.89 Å². The molecule has 0 spiro atoms. The topological polar surface area (TPSA) is 73.1 Å². The number of anilines is 1. The molecule has 0 aliphatic rings. The average molecular weight is 364 g/mol. The van der Waals surface area contributed by atoms with Crippen LogP contribution in [0.25, 0.3) is 22.8 Å². The molecule has 0 radical (unpaired) electrons. The van der Waals surface area contributed by atoms with E-state index < -0.39 is 0 Å². The Morgan fingerprint density at radius 3 is 2.62 bits per heavy atom. The monoisotopic (exact) mass is 364 g/mol. The van der Waals surface area contributed by atoms with Crippen LogP contribution in [0.1, 0.15) is 4.88 Å². The van der Waals surface area contributed by atoms with E-state index in [0.29, 0.717) is 11.7 Å². The second-order valence-corrected chi connectivity index (χ2v) is 6.55. The number of nitrogens with zero attached hydrogens (tertiary/aromatic N) is 3. The molecule has 0 unspecified atom stereocenters. The molecule has 1 N–H and O–H groups in total. The number of thiophene rings is 1. The first-order chi connectivity index (χ1) is 12.8. The minimum Gasteiger partial charge on any atom is -0.497 e. The van der Waals surface area contributed by atoms with E-state index in [1.54, 1.807) is 24.6 Å². The molecule has 0 fully saturated rings. The number of methoxy groups -OCH3 is 1. The maximum absolute atomic E-state index is 5.37. The molecule has 6 nitrogen and oxygen atoms in total. The Balaban J connectivity index is 1.46. The highest BCUT2D eigenvalue weighted by atomic mass is 32.1. The molecular formula is C19H16N4O2S. The van der Waals surface area contributed by atoms with Crippen molar-refractivity contribution >= 4 is 17.2 Å². The molecule has 3 heterocycles. The fourth-order valence-electron chi connectivity index (χ4n) is 2.41. The van der Waals surface area contributed by atoms with Crippen LogP contribution in [-0.4, -0.2) is 22.2 Å². The van der Waals surface area contributed by atoms with Crippen molar-refractivity contribution in [2.24, 2.45) is 0 Å². The molecule has 1 aromatic carbocycles. The first-order valence-electron chi connectivity index (χ1n) is 8.02. The minimum atomic E-state index is 0.438. The standard InChI is InChI=1S/C19H16N4O2S/c1-24-15-7-4-13(5-8-15)18-22-19(25-23-18)14-6-9-17(20-11-14)21-12-16-3-2-10-26-16/h2-11H,12H2,1H3,(H,20,21). The van der Waals surface area contributed by atoms with Gasteiger partial charge in [-0.3, -0.25) is 0 Å². The van der Waals surface area contributed by atoms with E-state index >= 15 is 0 Å². The molecule has 130 valence electrons. The zero-order valence-electron chi connectivity index (χ0n) is 14.0. The summed E-state index contributed by atoms with van der Waals surface area (Å²) in [5.41, 5.74) is 1.64. The Morgan fingerprint density at radius 1 is 1.08 bits per heavy atom. The fourth-order valence-corrected chi connectivity index (χ4v) is 3.06. The third-order valence-corrected chi connectivity index (χ3v) is 4.68. The number of pyridine rings is 1. The van der Waals surface area contributed by atoms with Crippen molar-refractivity contribution in [2.45, 2.75) is 6.54 Å². The summed E-state index contributed by atoms with van der Waals surface area (Å²) in [6.45, 7) is 0.756. The molecule has 26 heavy (non-hydrogen) atoms. The summed E-state index contributed by atoms with van der Waals surface area (Å²) < 4.78 is 10.5. The average Bonchev–Trinajstić information content (AvgIpc) is 3.39. The first-order valence-corrected chi connectivity index (χ1v) is 8.90. The van der Waals surface area contributed by atoms with Crippen LogP contribution >= 0.6 is 11.3 Å². The molecule has 4 aromatic rings. The van der Waals surface area contributed by atoms with Gasteiger partial charge in [-0.15, -0.1) is 11.3 Å². The number of nitrogens with one attached hydrogen (secondary N) is 1. The normalized spacial score (nSPS) is 10.7. The van der Waals surface area contributed by atoms with Gasteiger partial charge in [0.05, 0.1) is 19.2 Å². The van der Waals surface area contributed by atoms with E-state index in [2.05, 4.69) is 31.9 Å². The van der Waals surface area contributed by atoms with Crippen LogP contribution in [0.2, 0.25) is 0 Å². The lowest BCUT2D eigenvalue weighted by molar-refractivity contribution is 0.415. The fraction of sp³-hybridized carbons (Fsp3) is 0.105. The van der Waals surface area contributed by atoms with Crippen molar-refractivity contribution in [1.82, 2.24) is 15.1 Å². The zero-order chi connectivity index (χ0) is 17.8. The van der Waals surface area contributed by atoms with Gasteiger partial charge in [-0.05, 0) is 47.8 Å². The van der Waals surface area contributed by atoms with Gasteiger partial charge >= 0.3 is 0 Å². The summed E-state index contributed by atoms with van der Waals surface area (Å²) in [5.74, 6) is 2.56. The number of hydrogen-bond donors (Lipinski definition) is 1. The van der Waals surface area contributed by atoms with E-state index in [1.165, 1.54) is 4.88 Å². The van der Waals surface area contributed by atoms with Crippen molar-refractivity contribution in [1.29, 1.82) is 0 Å². The van der Waals surface area contributed by atoms with Gasteiger partial charge in [-0.2, -0.15) is 4.98 Å². The van der Waals surface area contributed by atoms with Crippen LogP contribution in [0, 0.1) is 0 Å². The summed E-state index contributed by atoms with van der Waals surface area (Å²) in [4.78, 5) is 10.1. The molecular weight excluding hydrogens is 348 g/mol. The van der Waals surface area contributed by atoms with Crippen molar-refractivity contribution in [3.8, 4) is 28.6 Å². The molecule has 0 aliphatic heterocycles. The van der Waals surface area contributed by atoms with Gasteiger partial charge in [0.1, 0.15) is 11.6 Å². The van der Waals surface area contributed by atoms with Crippen molar-refractivity contribution < 1.29 is 9.26 Å². The Labute approximate surface area is 154 Å². The maximum Gasteiger partial charge on any atom is 0.259 e. The van der Waals surface area contributed by atoms with Crippen molar-refractivity contribution in [3.63, 3.8) is 0 Å². The van der Waals surface area contributed by atoms with Gasteiger partial charge in [0.2, 0.25) is 5.82 Å². The lowest BCUT2D eigenvalue weighted by Crippen LogP contribution is -1.99. The molecule has 0 amide bonds. The van der Waals surface area contributed by atoms with Crippen molar-refractivity contribution in [3.05, 3.63) is 65.0 Å². The van der Waals surface area contributed by atoms with Gasteiger partial charge in [-0.1, -0.05) is 11.2 Å². The Kier molecular flexibility index (Phi) is 4.61. The van der Waals surface area contributed by atoms with E-state index in [4.69, 9.17) is 9.26 Å². The van der Waals surface area contributed by atoms with E-state index in [-0.39, 0.29) is 0 Å². The van der Waals surface area contributed by atoms with Crippen molar-refractivity contribution in [2.75, 3.05) is 12.4 Å². The predicted molar refractivity (Wildman–Crippen MR) is 101 cm³/mol. The molecule has 0 bridgehead atoms. The largest absolute Gasteiger partial charge is 0.497 e. The lowest BCUT2D eigenvalue weighted by atomic mass is 10.2. The quantitative estimate of drug-likeness (QED) is 0.544. The number of aromatic nitrogens is 3. The van der Waals surface area contributed by atoms with E-state index in [0.717, 1.165) is 29.2 Å². The smallest absolute Gasteiger partial charge is 0.259 e. The first kappa shape index (κ1) is 16.3. The highest BCUT2D eigenvalue weighted by molar-refractivity contribution is 7.09. The minimum absolute atomic E-state index is 0.438. The van der Waals surface area contributed by atoms with Crippen LogP contribution in [0.5, 0.6) is 5.75 Å². The number of rotatable bonds is 6. The highest BCUT2D eigenvalue weighted by Crippen LogP contribution is 2.24. The van der Waals surface area contributed by atoms with Gasteiger partial charge < -0.3 is 14.6 Å². The summed E-state index contributed by atoms with van der Waals surface area (Å²) in [7, 11) is 1.63. The number of ether oxygens (including phenoxy) is 1. The summed E-state index contributed by atoms with van der Waals surface area (Å²) in [6, 6.07) is 15.4. The van der Waals surface area contributed by atoms with Crippen LogP contribution in [0.3, 0.4) is 0 Å². The Bertz CT molecular complexity index is 964. The summed E-state index contributed by atoms with van der Waals surface area (Å²) >= 11 is 1.71. The van der Waals surface area contributed by atoms with Crippen LogP contribution in [-0.2, 0) is 6.54 Å². The van der Waals surface area contributed by atoms with E-state index in [9.17, 15) is 0 Å². The van der Waals surface area contributed by atoms with Gasteiger partial charge in [-0.25, -0.2) is 4.98 Å². The molecule has 0 aliphatic carbocycles. The SMILES string of the molecule is COc1ccc(-c2noc(-c3ccc(NCc4cccs4)nc3)n2)cc1. The van der Waals surface area contributed by atoms with Crippen LogP contribution in [0.15, 0.2) is 64.6 Å². The maximum atomic E-state index is 5.37. The zero-order valence-corrected chi connectivity index (χ0v) is 14.9. The van der Waals surface area contributed by atoms with E-state index in [1.807, 2.05) is 42.5 Å². The highest BCUT2D eigenvalue weighted by Gasteiger charge is 2.11. The molecule has 0 saturated heterocycles. The molecule has 3 aromatic heterocycles. The molecule has 0 atom stereocenters. The molecule has 0 saturated carbocycles. The third-order valence-electron chi connectivity index (χ3n) is 3.81. The van der Waals surface area contributed by atoms with Gasteiger partial charge in [0.15, 0.2) is 0 Å². The second kappa shape index (κ2) is 7.37. The molecule has 4 rings (SSSR count). The van der Waals surface area contributed by atoms with Gasteiger partial charge in [0, 0.05) is 16.6 Å². The van der Waals surface area contributed by atoms with Crippen LogP contribution < -0.4 is 10.1 Å². The Morgan fingerprint density at radius 2 is 1.92 bits per heavy atom.